The quantitative estimate of drug-likeness (QED) is 0.753. The fourth-order valence-corrected chi connectivity index (χ4v) is 4.60. The van der Waals surface area contributed by atoms with Crippen molar-refractivity contribution in [1.82, 2.24) is 9.21 Å². The lowest BCUT2D eigenvalue weighted by Gasteiger charge is -2.22. The van der Waals surface area contributed by atoms with Crippen molar-refractivity contribution in [3.8, 4) is 0 Å². The van der Waals surface area contributed by atoms with E-state index in [-0.39, 0.29) is 29.5 Å². The molecule has 1 aliphatic heterocycles. The summed E-state index contributed by atoms with van der Waals surface area (Å²) in [5.74, 6) is -1.63. The van der Waals surface area contributed by atoms with Gasteiger partial charge in [-0.15, -0.1) is 0 Å². The lowest BCUT2D eigenvalue weighted by Crippen LogP contribution is -2.40. The maximum absolute atomic E-state index is 12.8. The van der Waals surface area contributed by atoms with Gasteiger partial charge < -0.3 is 14.7 Å². The number of rotatable bonds is 7. The number of carbonyl (C=O) groups excluding carboxylic acids is 1. The van der Waals surface area contributed by atoms with Gasteiger partial charge >= 0.3 is 5.97 Å². The molecular weight excluding hydrogens is 360 g/mol. The van der Waals surface area contributed by atoms with Crippen LogP contribution in [0.3, 0.4) is 0 Å². The molecule has 2 rings (SSSR count). The molecule has 2 unspecified atom stereocenters. The van der Waals surface area contributed by atoms with Crippen LogP contribution < -0.4 is 0 Å². The lowest BCUT2D eigenvalue weighted by molar-refractivity contribution is -0.141. The molecule has 1 aromatic carbocycles. The monoisotopic (exact) mass is 384 g/mol. The molecule has 9 heteroatoms. The average molecular weight is 384 g/mol. The SMILES string of the molecule is CCN(CC)S(=O)(=O)c1cccc(C(=O)N2CC(OC)CC2C(=O)O)c1. The second-order valence-corrected chi connectivity index (χ2v) is 7.96. The Hall–Kier alpha value is -1.97. The third kappa shape index (κ3) is 3.89. The topological polar surface area (TPSA) is 104 Å². The molecule has 1 aromatic rings. The van der Waals surface area contributed by atoms with Gasteiger partial charge in [-0.2, -0.15) is 4.31 Å². The largest absolute Gasteiger partial charge is 0.480 e. The van der Waals surface area contributed by atoms with Crippen molar-refractivity contribution < 1.29 is 27.9 Å². The van der Waals surface area contributed by atoms with E-state index in [9.17, 15) is 23.1 Å². The zero-order valence-corrected chi connectivity index (χ0v) is 15.9. The minimum Gasteiger partial charge on any atom is -0.480 e. The maximum atomic E-state index is 12.8. The van der Waals surface area contributed by atoms with E-state index in [1.54, 1.807) is 13.8 Å². The van der Waals surface area contributed by atoms with Gasteiger partial charge in [0.05, 0.1) is 11.0 Å². The first-order valence-electron chi connectivity index (χ1n) is 8.43. The van der Waals surface area contributed by atoms with Crippen LogP contribution >= 0.6 is 0 Å². The van der Waals surface area contributed by atoms with Crippen LogP contribution in [0.2, 0.25) is 0 Å². The maximum Gasteiger partial charge on any atom is 0.326 e. The fraction of sp³-hybridized carbons (Fsp3) is 0.529. The van der Waals surface area contributed by atoms with Gasteiger partial charge in [-0.1, -0.05) is 19.9 Å². The first-order chi connectivity index (χ1) is 12.3. The summed E-state index contributed by atoms with van der Waals surface area (Å²) < 4.78 is 31.8. The van der Waals surface area contributed by atoms with E-state index >= 15 is 0 Å². The summed E-state index contributed by atoms with van der Waals surface area (Å²) in [4.78, 5) is 25.5. The number of aliphatic carboxylic acids is 1. The number of nitrogens with zero attached hydrogens (tertiary/aromatic N) is 2. The fourth-order valence-electron chi connectivity index (χ4n) is 3.09. The number of sulfonamides is 1. The third-order valence-electron chi connectivity index (χ3n) is 4.57. The van der Waals surface area contributed by atoms with Crippen molar-refractivity contribution in [2.45, 2.75) is 37.3 Å². The molecule has 1 saturated heterocycles. The standard InChI is InChI=1S/C17H24N2O6S/c1-4-18(5-2)26(23,24)14-8-6-7-12(9-14)16(20)19-11-13(25-3)10-15(19)17(21)22/h6-9,13,15H,4-5,10-11H2,1-3H3,(H,21,22). The van der Waals surface area contributed by atoms with E-state index in [4.69, 9.17) is 4.74 Å². The van der Waals surface area contributed by atoms with E-state index in [0.717, 1.165) is 0 Å². The average Bonchev–Trinajstić information content (AvgIpc) is 3.07. The second kappa shape index (κ2) is 8.15. The number of benzene rings is 1. The van der Waals surface area contributed by atoms with Gasteiger partial charge in [0.1, 0.15) is 6.04 Å². The van der Waals surface area contributed by atoms with E-state index in [0.29, 0.717) is 13.1 Å². The first kappa shape index (κ1) is 20.3. The Balaban J connectivity index is 2.35. The van der Waals surface area contributed by atoms with Gasteiger partial charge in [0.2, 0.25) is 10.0 Å². The van der Waals surface area contributed by atoms with Crippen LogP contribution in [-0.4, -0.2) is 73.5 Å². The molecule has 0 aliphatic carbocycles. The Morgan fingerprint density at radius 1 is 1.31 bits per heavy atom. The number of carboxylic acid groups (broad SMARTS) is 1. The second-order valence-electron chi connectivity index (χ2n) is 6.02. The molecule has 1 heterocycles. The summed E-state index contributed by atoms with van der Waals surface area (Å²) in [5, 5.41) is 9.36. The minimum absolute atomic E-state index is 0.0152. The van der Waals surface area contributed by atoms with Gasteiger partial charge in [0.15, 0.2) is 0 Å². The van der Waals surface area contributed by atoms with Gasteiger partial charge in [0.25, 0.3) is 5.91 Å². The molecule has 0 aromatic heterocycles. The number of carbonyl (C=O) groups is 2. The molecule has 8 nitrogen and oxygen atoms in total. The molecule has 2 atom stereocenters. The molecule has 0 bridgehead atoms. The predicted molar refractivity (Wildman–Crippen MR) is 94.4 cm³/mol. The molecule has 144 valence electrons. The van der Waals surface area contributed by atoms with Gasteiger partial charge in [-0.05, 0) is 18.2 Å². The molecule has 1 aliphatic rings. The van der Waals surface area contributed by atoms with Crippen LogP contribution in [0.5, 0.6) is 0 Å². The number of likely N-dealkylation sites (tertiary alicyclic amines) is 1. The van der Waals surface area contributed by atoms with Crippen LogP contribution in [0.4, 0.5) is 0 Å². The Morgan fingerprint density at radius 3 is 2.50 bits per heavy atom. The predicted octanol–water partition coefficient (Wildman–Crippen LogP) is 1.03. The molecule has 26 heavy (non-hydrogen) atoms. The Bertz CT molecular complexity index is 775. The van der Waals surface area contributed by atoms with Crippen LogP contribution in [0.25, 0.3) is 0 Å². The summed E-state index contributed by atoms with van der Waals surface area (Å²) in [5.41, 5.74) is 0.140. The van der Waals surface area contributed by atoms with Crippen molar-refractivity contribution >= 4 is 21.9 Å². The van der Waals surface area contributed by atoms with Gasteiger partial charge in [-0.3, -0.25) is 4.79 Å². The van der Waals surface area contributed by atoms with Gasteiger partial charge in [-0.25, -0.2) is 13.2 Å². The highest BCUT2D eigenvalue weighted by molar-refractivity contribution is 7.89. The molecular formula is C17H24N2O6S. The smallest absolute Gasteiger partial charge is 0.326 e. The highest BCUT2D eigenvalue weighted by Gasteiger charge is 2.40. The number of amides is 1. The van der Waals surface area contributed by atoms with Crippen molar-refractivity contribution in [2.24, 2.45) is 0 Å². The molecule has 1 N–H and O–H groups in total. The Morgan fingerprint density at radius 2 is 1.96 bits per heavy atom. The number of hydrogen-bond donors (Lipinski definition) is 1. The summed E-state index contributed by atoms with van der Waals surface area (Å²) >= 11 is 0. The minimum atomic E-state index is -3.70. The van der Waals surface area contributed by atoms with E-state index in [1.165, 1.54) is 40.6 Å². The summed E-state index contributed by atoms with van der Waals surface area (Å²) in [6, 6.07) is 4.72. The van der Waals surface area contributed by atoms with Crippen molar-refractivity contribution in [1.29, 1.82) is 0 Å². The zero-order chi connectivity index (χ0) is 19.5. The Labute approximate surface area is 153 Å². The summed E-state index contributed by atoms with van der Waals surface area (Å²) in [6.45, 7) is 4.27. The number of methoxy groups -OCH3 is 1. The molecule has 0 saturated carbocycles. The highest BCUT2D eigenvalue weighted by atomic mass is 32.2. The third-order valence-corrected chi connectivity index (χ3v) is 6.61. The first-order valence-corrected chi connectivity index (χ1v) is 9.87. The van der Waals surface area contributed by atoms with Crippen molar-refractivity contribution in [3.63, 3.8) is 0 Å². The van der Waals surface area contributed by atoms with Gasteiger partial charge in [0, 0.05) is 38.7 Å². The highest BCUT2D eigenvalue weighted by Crippen LogP contribution is 2.24. The summed E-state index contributed by atoms with van der Waals surface area (Å²) in [6.07, 6.45) is -0.155. The molecule has 0 radical (unpaired) electrons. The normalized spacial score (nSPS) is 20.5. The Kier molecular flexibility index (Phi) is 6.38. The van der Waals surface area contributed by atoms with Crippen LogP contribution in [-0.2, 0) is 19.6 Å². The van der Waals surface area contributed by atoms with E-state index in [2.05, 4.69) is 0 Å². The molecule has 1 fully saturated rings. The zero-order valence-electron chi connectivity index (χ0n) is 15.1. The number of hydrogen-bond acceptors (Lipinski definition) is 5. The van der Waals surface area contributed by atoms with Crippen LogP contribution in [0, 0.1) is 0 Å². The van der Waals surface area contributed by atoms with E-state index in [1.807, 2.05) is 0 Å². The lowest BCUT2D eigenvalue weighted by atomic mass is 10.1. The summed E-state index contributed by atoms with van der Waals surface area (Å²) in [7, 11) is -2.24. The molecule has 1 amide bonds. The van der Waals surface area contributed by atoms with Crippen LogP contribution in [0.15, 0.2) is 29.2 Å². The van der Waals surface area contributed by atoms with E-state index < -0.39 is 27.9 Å². The van der Waals surface area contributed by atoms with Crippen LogP contribution in [0.1, 0.15) is 30.6 Å². The number of ether oxygens (including phenoxy) is 1. The van der Waals surface area contributed by atoms with Crippen molar-refractivity contribution in [2.75, 3.05) is 26.7 Å². The van der Waals surface area contributed by atoms with Crippen molar-refractivity contribution in [3.05, 3.63) is 29.8 Å². The number of carboxylic acids is 1. The molecule has 0 spiro atoms.